The number of anilines is 3. The maximum Gasteiger partial charge on any atom is 0.137 e. The Bertz CT molecular complexity index is 1250. The topological polar surface area (TPSA) is 38.2 Å². The maximum absolute atomic E-state index is 6.23. The molecule has 32 heavy (non-hydrogen) atoms. The molecule has 0 bridgehead atoms. The summed E-state index contributed by atoms with van der Waals surface area (Å²) in [6.45, 7) is 0. The van der Waals surface area contributed by atoms with Crippen LogP contribution >= 0.6 is 0 Å². The zero-order chi connectivity index (χ0) is 21.6. The highest BCUT2D eigenvalue weighted by Gasteiger charge is 2.14. The van der Waals surface area contributed by atoms with E-state index in [0.29, 0.717) is 0 Å². The molecule has 0 spiro atoms. The molecule has 0 atom stereocenters. The van der Waals surface area contributed by atoms with E-state index in [4.69, 9.17) is 4.74 Å². The molecule has 5 aromatic rings. The third-order valence-electron chi connectivity index (χ3n) is 5.00. The minimum Gasteiger partial charge on any atom is -0.457 e. The predicted molar refractivity (Wildman–Crippen MR) is 129 cm³/mol. The zero-order valence-corrected chi connectivity index (χ0v) is 17.4. The van der Waals surface area contributed by atoms with E-state index in [1.165, 1.54) is 0 Å². The first kappa shape index (κ1) is 19.5. The van der Waals surface area contributed by atoms with Crippen molar-refractivity contribution in [2.45, 2.75) is 0 Å². The minimum absolute atomic E-state index is 0.748. The van der Waals surface area contributed by atoms with Gasteiger partial charge in [0, 0.05) is 29.7 Å². The Balaban J connectivity index is 1.48. The Labute approximate surface area is 187 Å². The third kappa shape index (κ3) is 4.35. The summed E-state index contributed by atoms with van der Waals surface area (Å²) >= 11 is 0. The fraction of sp³-hybridized carbons (Fsp3) is 0. The van der Waals surface area contributed by atoms with Crippen LogP contribution in [0.1, 0.15) is 0 Å². The Morgan fingerprint density at radius 3 is 1.97 bits per heavy atom. The second-order valence-corrected chi connectivity index (χ2v) is 7.20. The highest BCUT2D eigenvalue weighted by molar-refractivity contribution is 5.75. The standard InChI is InChI=1S/C28H21N3O/c1-2-11-23(12-3-1)31(28-17-5-7-19-30-28)24-13-9-15-26(21-24)32-25-14-8-10-22(20-25)27-16-4-6-18-29-27/h1-21H. The Morgan fingerprint density at radius 1 is 0.531 bits per heavy atom. The summed E-state index contributed by atoms with van der Waals surface area (Å²) in [4.78, 5) is 11.1. The molecular weight excluding hydrogens is 394 g/mol. The summed E-state index contributed by atoms with van der Waals surface area (Å²) < 4.78 is 6.23. The molecule has 2 aromatic heterocycles. The van der Waals surface area contributed by atoms with Crippen LogP contribution in [0.4, 0.5) is 17.2 Å². The molecule has 0 saturated heterocycles. The van der Waals surface area contributed by atoms with E-state index in [1.807, 2.05) is 97.1 Å². The third-order valence-corrected chi connectivity index (χ3v) is 5.00. The van der Waals surface area contributed by atoms with Crippen molar-refractivity contribution in [1.82, 2.24) is 9.97 Å². The summed E-state index contributed by atoms with van der Waals surface area (Å²) in [5, 5.41) is 0. The Hall–Kier alpha value is -4.44. The van der Waals surface area contributed by atoms with Crippen LogP contribution in [0.25, 0.3) is 11.3 Å². The van der Waals surface area contributed by atoms with Gasteiger partial charge in [-0.1, -0.05) is 48.5 Å². The van der Waals surface area contributed by atoms with Gasteiger partial charge in [-0.3, -0.25) is 9.88 Å². The van der Waals surface area contributed by atoms with E-state index < -0.39 is 0 Å². The van der Waals surface area contributed by atoms with Gasteiger partial charge in [0.05, 0.1) is 11.4 Å². The van der Waals surface area contributed by atoms with Gasteiger partial charge in [-0.05, 0) is 60.7 Å². The SMILES string of the molecule is c1ccc(N(c2cccc(Oc3cccc(-c4ccccn4)c3)c2)c2ccccn2)cc1. The molecule has 154 valence electrons. The lowest BCUT2D eigenvalue weighted by Gasteiger charge is -2.24. The van der Waals surface area contributed by atoms with E-state index >= 15 is 0 Å². The summed E-state index contributed by atoms with van der Waals surface area (Å²) in [6, 6.07) is 38.0. The number of nitrogens with zero attached hydrogens (tertiary/aromatic N) is 3. The van der Waals surface area contributed by atoms with Gasteiger partial charge in [-0.2, -0.15) is 0 Å². The lowest BCUT2D eigenvalue weighted by atomic mass is 10.1. The molecule has 0 aliphatic heterocycles. The normalized spacial score (nSPS) is 10.5. The molecule has 5 rings (SSSR count). The summed E-state index contributed by atoms with van der Waals surface area (Å²) in [7, 11) is 0. The molecule has 0 fully saturated rings. The maximum atomic E-state index is 6.23. The Kier molecular flexibility index (Phi) is 5.58. The molecule has 0 unspecified atom stereocenters. The fourth-order valence-electron chi connectivity index (χ4n) is 3.55. The van der Waals surface area contributed by atoms with E-state index in [0.717, 1.165) is 39.9 Å². The van der Waals surface area contributed by atoms with E-state index in [9.17, 15) is 0 Å². The largest absolute Gasteiger partial charge is 0.457 e. The quantitative estimate of drug-likeness (QED) is 0.289. The number of hydrogen-bond acceptors (Lipinski definition) is 4. The van der Waals surface area contributed by atoms with Crippen molar-refractivity contribution < 1.29 is 4.74 Å². The average molecular weight is 415 g/mol. The van der Waals surface area contributed by atoms with E-state index in [1.54, 1.807) is 12.4 Å². The van der Waals surface area contributed by atoms with Gasteiger partial charge in [-0.25, -0.2) is 4.98 Å². The van der Waals surface area contributed by atoms with Gasteiger partial charge in [-0.15, -0.1) is 0 Å². The number of pyridine rings is 2. The van der Waals surface area contributed by atoms with Crippen LogP contribution in [0.3, 0.4) is 0 Å². The number of rotatable bonds is 6. The van der Waals surface area contributed by atoms with Crippen LogP contribution in [-0.2, 0) is 0 Å². The Morgan fingerprint density at radius 2 is 1.22 bits per heavy atom. The van der Waals surface area contributed by atoms with Gasteiger partial charge in [0.25, 0.3) is 0 Å². The lowest BCUT2D eigenvalue weighted by Crippen LogP contribution is -2.11. The molecule has 0 amide bonds. The van der Waals surface area contributed by atoms with Crippen molar-refractivity contribution >= 4 is 17.2 Å². The van der Waals surface area contributed by atoms with Crippen LogP contribution in [0.5, 0.6) is 11.5 Å². The van der Waals surface area contributed by atoms with Crippen molar-refractivity contribution in [3.63, 3.8) is 0 Å². The highest BCUT2D eigenvalue weighted by Crippen LogP contribution is 2.35. The van der Waals surface area contributed by atoms with E-state index in [2.05, 4.69) is 33.1 Å². The molecule has 2 heterocycles. The molecule has 0 radical (unpaired) electrons. The lowest BCUT2D eigenvalue weighted by molar-refractivity contribution is 0.483. The number of hydrogen-bond donors (Lipinski definition) is 0. The van der Waals surface area contributed by atoms with Crippen LogP contribution in [0.15, 0.2) is 128 Å². The van der Waals surface area contributed by atoms with Gasteiger partial charge >= 0.3 is 0 Å². The summed E-state index contributed by atoms with van der Waals surface area (Å²) in [6.07, 6.45) is 3.59. The predicted octanol–water partition coefficient (Wildman–Crippen LogP) is 7.41. The van der Waals surface area contributed by atoms with Crippen molar-refractivity contribution in [2.24, 2.45) is 0 Å². The molecule has 0 N–H and O–H groups in total. The number of benzene rings is 3. The van der Waals surface area contributed by atoms with Crippen LogP contribution in [0.2, 0.25) is 0 Å². The van der Waals surface area contributed by atoms with Gasteiger partial charge in [0.15, 0.2) is 0 Å². The van der Waals surface area contributed by atoms with Crippen molar-refractivity contribution in [3.8, 4) is 22.8 Å². The second-order valence-electron chi connectivity index (χ2n) is 7.20. The first-order valence-corrected chi connectivity index (χ1v) is 10.4. The van der Waals surface area contributed by atoms with Gasteiger partial charge in [0.1, 0.15) is 17.3 Å². The van der Waals surface area contributed by atoms with Crippen LogP contribution in [-0.4, -0.2) is 9.97 Å². The number of para-hydroxylation sites is 1. The smallest absolute Gasteiger partial charge is 0.137 e. The molecule has 4 nitrogen and oxygen atoms in total. The van der Waals surface area contributed by atoms with Crippen LogP contribution in [0, 0.1) is 0 Å². The monoisotopic (exact) mass is 415 g/mol. The van der Waals surface area contributed by atoms with E-state index in [-0.39, 0.29) is 0 Å². The molecule has 0 aliphatic carbocycles. The van der Waals surface area contributed by atoms with Crippen molar-refractivity contribution in [3.05, 3.63) is 128 Å². The molecule has 0 aliphatic rings. The fourth-order valence-corrected chi connectivity index (χ4v) is 3.55. The molecule has 0 saturated carbocycles. The molecule has 4 heteroatoms. The average Bonchev–Trinajstić information content (AvgIpc) is 2.87. The first-order valence-electron chi connectivity index (χ1n) is 10.4. The van der Waals surface area contributed by atoms with Crippen molar-refractivity contribution in [2.75, 3.05) is 4.90 Å². The molecular formula is C28H21N3O. The van der Waals surface area contributed by atoms with Gasteiger partial charge in [0.2, 0.25) is 0 Å². The summed E-state index contributed by atoms with van der Waals surface area (Å²) in [5.41, 5.74) is 3.92. The number of ether oxygens (including phenoxy) is 1. The van der Waals surface area contributed by atoms with Crippen LogP contribution < -0.4 is 9.64 Å². The number of aromatic nitrogens is 2. The zero-order valence-electron chi connectivity index (χ0n) is 17.4. The molecule has 3 aromatic carbocycles. The second kappa shape index (κ2) is 9.14. The highest BCUT2D eigenvalue weighted by atomic mass is 16.5. The summed E-state index contributed by atoms with van der Waals surface area (Å²) in [5.74, 6) is 2.35. The minimum atomic E-state index is 0.748. The first-order chi connectivity index (χ1) is 15.9. The van der Waals surface area contributed by atoms with Gasteiger partial charge < -0.3 is 4.74 Å². The van der Waals surface area contributed by atoms with Crippen molar-refractivity contribution in [1.29, 1.82) is 0 Å².